The van der Waals surface area contributed by atoms with Crippen LogP contribution in [-0.2, 0) is 61.9 Å². The normalized spacial score (nSPS) is 29.6. The molecule has 10 atom stereocenters. The standard InChI is InChI=1S/C36H60O16/c1-11-22(10)34(44)46-17-36(52-35-31(48-26(39)13-19(4)5)29(42)28(41)23(15-37)47-35)32(49-27(40)14-20(6)7)30(50-33(43)21(8)9)24(51-36)16-45-25(38)12-18(2)3/h18-24,28-32,35,37,41-42H,11-17H2,1-10H3/t22?,23-,24-,28-,29+,30-,31-,32+,35-,36+/m1/s1. The van der Waals surface area contributed by atoms with Crippen LogP contribution in [0.25, 0.3) is 0 Å². The maximum absolute atomic E-state index is 13.4. The molecule has 2 aliphatic rings. The van der Waals surface area contributed by atoms with E-state index in [1.54, 1.807) is 55.4 Å². The van der Waals surface area contributed by atoms with Crippen LogP contribution in [0.1, 0.15) is 94.9 Å². The second kappa shape index (κ2) is 20.5. The second-order valence-electron chi connectivity index (χ2n) is 15.1. The third kappa shape index (κ3) is 12.9. The van der Waals surface area contributed by atoms with Gasteiger partial charge < -0.3 is 53.2 Å². The maximum atomic E-state index is 13.4. The van der Waals surface area contributed by atoms with Gasteiger partial charge in [-0.2, -0.15) is 0 Å². The van der Waals surface area contributed by atoms with Crippen molar-refractivity contribution in [1.29, 1.82) is 0 Å². The molecule has 0 spiro atoms. The first-order valence-electron chi connectivity index (χ1n) is 18.1. The summed E-state index contributed by atoms with van der Waals surface area (Å²) in [6.07, 6.45) is -13.1. The summed E-state index contributed by atoms with van der Waals surface area (Å²) in [5.41, 5.74) is 0. The van der Waals surface area contributed by atoms with E-state index >= 15 is 0 Å². The lowest BCUT2D eigenvalue weighted by Crippen LogP contribution is -2.64. The number of ether oxygens (including phenoxy) is 8. The van der Waals surface area contributed by atoms with E-state index in [-0.39, 0.29) is 37.0 Å². The maximum Gasteiger partial charge on any atom is 0.308 e. The van der Waals surface area contributed by atoms with Crippen molar-refractivity contribution in [1.82, 2.24) is 0 Å². The van der Waals surface area contributed by atoms with Gasteiger partial charge in [0.1, 0.15) is 37.6 Å². The Morgan fingerprint density at radius 1 is 0.692 bits per heavy atom. The number of hydrogen-bond donors (Lipinski definition) is 3. The van der Waals surface area contributed by atoms with Gasteiger partial charge in [-0.15, -0.1) is 0 Å². The molecule has 3 N–H and O–H groups in total. The van der Waals surface area contributed by atoms with Crippen LogP contribution in [-0.4, -0.2) is 120 Å². The summed E-state index contributed by atoms with van der Waals surface area (Å²) in [4.78, 5) is 65.2. The molecule has 2 saturated heterocycles. The van der Waals surface area contributed by atoms with E-state index in [1.165, 1.54) is 0 Å². The Morgan fingerprint density at radius 2 is 1.25 bits per heavy atom. The Bertz CT molecular complexity index is 1190. The van der Waals surface area contributed by atoms with E-state index in [9.17, 15) is 39.3 Å². The van der Waals surface area contributed by atoms with Gasteiger partial charge in [-0.05, 0) is 24.2 Å². The highest BCUT2D eigenvalue weighted by molar-refractivity contribution is 5.73. The Balaban J connectivity index is 2.79. The summed E-state index contributed by atoms with van der Waals surface area (Å²) in [6.45, 7) is 15.1. The van der Waals surface area contributed by atoms with Gasteiger partial charge >= 0.3 is 29.8 Å². The number of esters is 5. The Labute approximate surface area is 306 Å². The van der Waals surface area contributed by atoms with E-state index in [4.69, 9.17) is 37.9 Å². The minimum Gasteiger partial charge on any atom is -0.463 e. The van der Waals surface area contributed by atoms with Crippen LogP contribution in [0.5, 0.6) is 0 Å². The molecular formula is C36H60O16. The zero-order valence-corrected chi connectivity index (χ0v) is 32.1. The first-order valence-corrected chi connectivity index (χ1v) is 18.1. The third-order valence-electron chi connectivity index (χ3n) is 8.40. The zero-order valence-electron chi connectivity index (χ0n) is 32.1. The average molecular weight is 749 g/mol. The number of aliphatic hydroxyl groups is 3. The molecule has 52 heavy (non-hydrogen) atoms. The van der Waals surface area contributed by atoms with E-state index in [1.807, 2.05) is 13.8 Å². The van der Waals surface area contributed by atoms with Crippen molar-refractivity contribution in [3.05, 3.63) is 0 Å². The van der Waals surface area contributed by atoms with Crippen LogP contribution < -0.4 is 0 Å². The lowest BCUT2D eigenvalue weighted by atomic mass is 9.98. The first kappa shape index (κ1) is 45.3. The number of carbonyl (C=O) groups excluding carboxylic acids is 5. The summed E-state index contributed by atoms with van der Waals surface area (Å²) >= 11 is 0. The van der Waals surface area contributed by atoms with Crippen molar-refractivity contribution in [2.45, 2.75) is 150 Å². The van der Waals surface area contributed by atoms with Crippen LogP contribution in [0.15, 0.2) is 0 Å². The molecule has 16 nitrogen and oxygen atoms in total. The minimum absolute atomic E-state index is 0.0479. The van der Waals surface area contributed by atoms with Gasteiger partial charge in [0.25, 0.3) is 0 Å². The summed E-state index contributed by atoms with van der Waals surface area (Å²) in [5, 5.41) is 31.9. The third-order valence-corrected chi connectivity index (χ3v) is 8.40. The van der Waals surface area contributed by atoms with E-state index < -0.39 is 116 Å². The molecule has 0 amide bonds. The highest BCUT2D eigenvalue weighted by atomic mass is 16.8. The summed E-state index contributed by atoms with van der Waals surface area (Å²) in [5.74, 6) is -7.71. The van der Waals surface area contributed by atoms with Crippen LogP contribution in [0.3, 0.4) is 0 Å². The Morgan fingerprint density at radius 3 is 1.77 bits per heavy atom. The summed E-state index contributed by atoms with van der Waals surface area (Å²) in [7, 11) is 0. The number of aliphatic hydroxyl groups excluding tert-OH is 3. The molecule has 0 aromatic carbocycles. The van der Waals surface area contributed by atoms with Crippen molar-refractivity contribution < 1.29 is 77.2 Å². The molecule has 0 aromatic rings. The zero-order chi connectivity index (χ0) is 39.5. The fraction of sp³-hybridized carbons (Fsp3) is 0.861. The molecule has 2 rings (SSSR count). The van der Waals surface area contributed by atoms with Gasteiger partial charge in [0, 0.05) is 19.3 Å². The molecule has 2 heterocycles. The fourth-order valence-electron chi connectivity index (χ4n) is 5.35. The lowest BCUT2D eigenvalue weighted by molar-refractivity contribution is -0.384. The van der Waals surface area contributed by atoms with Crippen molar-refractivity contribution in [2.24, 2.45) is 29.6 Å². The van der Waals surface area contributed by atoms with Gasteiger partial charge in [-0.1, -0.05) is 69.2 Å². The fourth-order valence-corrected chi connectivity index (χ4v) is 5.35. The highest BCUT2D eigenvalue weighted by Crippen LogP contribution is 2.41. The quantitative estimate of drug-likeness (QED) is 0.127. The molecule has 2 fully saturated rings. The van der Waals surface area contributed by atoms with Gasteiger partial charge in [0.2, 0.25) is 12.1 Å². The Hall–Kier alpha value is -2.89. The summed E-state index contributed by atoms with van der Waals surface area (Å²) < 4.78 is 47.1. The van der Waals surface area contributed by atoms with Crippen molar-refractivity contribution in [3.8, 4) is 0 Å². The van der Waals surface area contributed by atoms with Crippen molar-refractivity contribution >= 4 is 29.8 Å². The molecule has 0 saturated carbocycles. The Kier molecular flexibility index (Phi) is 17.9. The first-order chi connectivity index (χ1) is 24.2. The SMILES string of the molecule is CCC(C)C(=O)OC[C@@]1(O[C@H]2O[C@H](CO)[C@@H](O)[C@H](O)[C@H]2OC(=O)CC(C)C)O[C@H](COC(=O)CC(C)C)[C@@H](OC(=O)C(C)C)[C@@H]1OC(=O)CC(C)C. The summed E-state index contributed by atoms with van der Waals surface area (Å²) in [6, 6.07) is 0. The van der Waals surface area contributed by atoms with Gasteiger partial charge in [0.05, 0.1) is 18.4 Å². The monoisotopic (exact) mass is 748 g/mol. The van der Waals surface area contributed by atoms with E-state index in [2.05, 4.69) is 0 Å². The largest absolute Gasteiger partial charge is 0.463 e. The number of hydrogen-bond acceptors (Lipinski definition) is 16. The van der Waals surface area contributed by atoms with Crippen LogP contribution in [0.4, 0.5) is 0 Å². The van der Waals surface area contributed by atoms with Crippen molar-refractivity contribution in [2.75, 3.05) is 19.8 Å². The van der Waals surface area contributed by atoms with Gasteiger partial charge in [-0.25, -0.2) is 0 Å². The molecule has 0 bridgehead atoms. The molecular weight excluding hydrogens is 688 g/mol. The highest BCUT2D eigenvalue weighted by Gasteiger charge is 2.64. The van der Waals surface area contributed by atoms with Crippen molar-refractivity contribution in [3.63, 3.8) is 0 Å². The molecule has 1 unspecified atom stereocenters. The molecule has 0 aromatic heterocycles. The average Bonchev–Trinajstić information content (AvgIpc) is 3.31. The molecule has 0 aliphatic carbocycles. The predicted octanol–water partition coefficient (Wildman–Crippen LogP) is 2.20. The topological polar surface area (TPSA) is 220 Å². The molecule has 0 radical (unpaired) electrons. The predicted molar refractivity (Wildman–Crippen MR) is 181 cm³/mol. The minimum atomic E-state index is -2.43. The molecule has 300 valence electrons. The smallest absolute Gasteiger partial charge is 0.308 e. The van der Waals surface area contributed by atoms with E-state index in [0.717, 1.165) is 0 Å². The second-order valence-corrected chi connectivity index (χ2v) is 15.1. The van der Waals surface area contributed by atoms with Gasteiger partial charge in [0.15, 0.2) is 18.3 Å². The van der Waals surface area contributed by atoms with Crippen LogP contribution in [0, 0.1) is 29.6 Å². The van der Waals surface area contributed by atoms with Crippen LogP contribution >= 0.6 is 0 Å². The van der Waals surface area contributed by atoms with E-state index in [0.29, 0.717) is 6.42 Å². The number of rotatable bonds is 19. The molecule has 16 heteroatoms. The van der Waals surface area contributed by atoms with Gasteiger partial charge in [-0.3, -0.25) is 24.0 Å². The van der Waals surface area contributed by atoms with Crippen LogP contribution in [0.2, 0.25) is 0 Å². The lowest BCUT2D eigenvalue weighted by Gasteiger charge is -2.45. The number of carbonyl (C=O) groups is 5. The molecule has 2 aliphatic heterocycles.